The Morgan fingerprint density at radius 3 is 2.82 bits per heavy atom. The van der Waals surface area contributed by atoms with Gasteiger partial charge in [0, 0.05) is 41.3 Å². The van der Waals surface area contributed by atoms with Gasteiger partial charge in [0.25, 0.3) is 0 Å². The average molecular weight is 377 g/mol. The van der Waals surface area contributed by atoms with Gasteiger partial charge in [-0.3, -0.25) is 9.98 Å². The number of nitrogens with zero attached hydrogens (tertiary/aromatic N) is 3. The Balaban J connectivity index is 1.58. The fraction of sp³-hybridized carbons (Fsp3) is 0.190. The topological polar surface area (TPSA) is 96.4 Å². The Bertz CT molecular complexity index is 1000. The summed E-state index contributed by atoms with van der Waals surface area (Å²) in [5.41, 5.74) is 8.82. The number of nitrogens with two attached hydrogens (primary N) is 1. The normalized spacial score (nSPS) is 14.9. The summed E-state index contributed by atoms with van der Waals surface area (Å²) in [7, 11) is 0. The SMILES string of the molecule is Nc1ncc(-c2ccccn2)cc1C=Nc1cc(NC(O)C2CC2)ccc1F. The standard InChI is InChI=1S/C21H20FN5O/c22-17-7-6-16(27-21(28)13-4-5-13)10-19(17)25-12-15-9-14(11-26-20(15)23)18-3-1-2-8-24-18/h1-3,6-13,21,27-28H,4-5H2,(H2,23,26). The number of rotatable bonds is 6. The van der Waals surface area contributed by atoms with Crippen molar-refractivity contribution in [3.63, 3.8) is 0 Å². The Labute approximate surface area is 162 Å². The molecule has 1 unspecified atom stereocenters. The van der Waals surface area contributed by atoms with Crippen molar-refractivity contribution in [3.8, 4) is 11.3 Å². The van der Waals surface area contributed by atoms with Crippen LogP contribution in [0, 0.1) is 11.7 Å². The van der Waals surface area contributed by atoms with Gasteiger partial charge in [0.15, 0.2) is 0 Å². The van der Waals surface area contributed by atoms with E-state index in [2.05, 4.69) is 20.3 Å². The van der Waals surface area contributed by atoms with Crippen molar-refractivity contribution in [2.24, 2.45) is 10.9 Å². The zero-order valence-electron chi connectivity index (χ0n) is 15.1. The van der Waals surface area contributed by atoms with E-state index in [0.717, 1.165) is 24.1 Å². The molecule has 142 valence electrons. The van der Waals surface area contributed by atoms with Crippen molar-refractivity contribution < 1.29 is 9.50 Å². The van der Waals surface area contributed by atoms with Crippen LogP contribution >= 0.6 is 0 Å². The molecule has 6 nitrogen and oxygen atoms in total. The van der Waals surface area contributed by atoms with Crippen LogP contribution in [0.5, 0.6) is 0 Å². The third kappa shape index (κ3) is 4.15. The molecule has 1 saturated carbocycles. The number of aliphatic hydroxyl groups excluding tert-OH is 1. The van der Waals surface area contributed by atoms with Crippen LogP contribution in [0.2, 0.25) is 0 Å². The highest BCUT2D eigenvalue weighted by molar-refractivity contribution is 5.89. The smallest absolute Gasteiger partial charge is 0.148 e. The quantitative estimate of drug-likeness (QED) is 0.449. The van der Waals surface area contributed by atoms with Gasteiger partial charge in [-0.2, -0.15) is 0 Å². The van der Waals surface area contributed by atoms with Crippen LogP contribution in [0.15, 0.2) is 59.9 Å². The third-order valence-corrected chi connectivity index (χ3v) is 4.58. The number of benzene rings is 1. The molecule has 3 aromatic rings. The average Bonchev–Trinajstić information content (AvgIpc) is 3.55. The first-order valence-electron chi connectivity index (χ1n) is 9.05. The maximum Gasteiger partial charge on any atom is 0.148 e. The van der Waals surface area contributed by atoms with E-state index in [-0.39, 0.29) is 11.6 Å². The monoisotopic (exact) mass is 377 g/mol. The Hall–Kier alpha value is -3.32. The lowest BCUT2D eigenvalue weighted by atomic mass is 10.1. The van der Waals surface area contributed by atoms with Crippen LogP contribution in [0.3, 0.4) is 0 Å². The first-order chi connectivity index (χ1) is 13.6. The molecule has 4 N–H and O–H groups in total. The van der Waals surface area contributed by atoms with Gasteiger partial charge in [0.1, 0.15) is 23.6 Å². The van der Waals surface area contributed by atoms with E-state index in [1.807, 2.05) is 24.3 Å². The Morgan fingerprint density at radius 1 is 1.21 bits per heavy atom. The molecule has 2 aromatic heterocycles. The largest absolute Gasteiger partial charge is 0.383 e. The third-order valence-electron chi connectivity index (χ3n) is 4.58. The van der Waals surface area contributed by atoms with Crippen LogP contribution < -0.4 is 11.1 Å². The van der Waals surface area contributed by atoms with Crippen LogP contribution in [0.1, 0.15) is 18.4 Å². The molecule has 1 atom stereocenters. The van der Waals surface area contributed by atoms with Crippen molar-refractivity contribution in [1.82, 2.24) is 9.97 Å². The lowest BCUT2D eigenvalue weighted by Crippen LogP contribution is -2.20. The molecule has 1 fully saturated rings. The molecule has 28 heavy (non-hydrogen) atoms. The maximum absolute atomic E-state index is 14.2. The maximum atomic E-state index is 14.2. The minimum Gasteiger partial charge on any atom is -0.383 e. The fourth-order valence-corrected chi connectivity index (χ4v) is 2.81. The minimum atomic E-state index is -0.628. The summed E-state index contributed by atoms with van der Waals surface area (Å²) in [4.78, 5) is 12.7. The number of anilines is 2. The first kappa shape index (κ1) is 18.1. The summed E-state index contributed by atoms with van der Waals surface area (Å²) in [5.74, 6) is 0.0922. The summed E-state index contributed by atoms with van der Waals surface area (Å²) in [6.45, 7) is 0. The van der Waals surface area contributed by atoms with E-state index in [9.17, 15) is 9.50 Å². The summed E-state index contributed by atoms with van der Waals surface area (Å²) < 4.78 is 14.2. The number of halogens is 1. The van der Waals surface area contributed by atoms with Crippen molar-refractivity contribution in [2.75, 3.05) is 11.1 Å². The Morgan fingerprint density at radius 2 is 2.07 bits per heavy atom. The number of nitrogen functional groups attached to an aromatic ring is 1. The lowest BCUT2D eigenvalue weighted by molar-refractivity contribution is 0.180. The van der Waals surface area contributed by atoms with Gasteiger partial charge >= 0.3 is 0 Å². The highest BCUT2D eigenvalue weighted by Crippen LogP contribution is 2.33. The van der Waals surface area contributed by atoms with E-state index in [1.54, 1.807) is 24.5 Å². The molecule has 1 aromatic carbocycles. The van der Waals surface area contributed by atoms with Crippen molar-refractivity contribution >= 4 is 23.4 Å². The molecule has 2 heterocycles. The minimum absolute atomic E-state index is 0.149. The molecule has 1 aliphatic rings. The molecule has 0 amide bonds. The summed E-state index contributed by atoms with van der Waals surface area (Å²) >= 11 is 0. The molecule has 7 heteroatoms. The number of aliphatic hydroxyl groups is 1. The molecule has 1 aliphatic carbocycles. The van der Waals surface area contributed by atoms with E-state index in [0.29, 0.717) is 17.1 Å². The van der Waals surface area contributed by atoms with Crippen LogP contribution in [0.4, 0.5) is 21.6 Å². The second kappa shape index (κ2) is 7.74. The number of hydrogen-bond acceptors (Lipinski definition) is 6. The number of nitrogens with one attached hydrogen (secondary N) is 1. The van der Waals surface area contributed by atoms with Crippen LogP contribution in [0.25, 0.3) is 11.3 Å². The second-order valence-electron chi connectivity index (χ2n) is 6.76. The van der Waals surface area contributed by atoms with Crippen molar-refractivity contribution in [3.05, 3.63) is 66.2 Å². The van der Waals surface area contributed by atoms with E-state index >= 15 is 0 Å². The number of aromatic nitrogens is 2. The predicted octanol–water partition coefficient (Wildman–Crippen LogP) is 3.76. The lowest BCUT2D eigenvalue weighted by Gasteiger charge is -2.13. The van der Waals surface area contributed by atoms with Crippen LogP contribution in [-0.4, -0.2) is 27.5 Å². The zero-order valence-corrected chi connectivity index (χ0v) is 15.1. The molecule has 0 spiro atoms. The molecule has 0 saturated heterocycles. The van der Waals surface area contributed by atoms with Gasteiger partial charge in [-0.15, -0.1) is 0 Å². The molecule has 0 aliphatic heterocycles. The van der Waals surface area contributed by atoms with Crippen molar-refractivity contribution in [2.45, 2.75) is 19.1 Å². The van der Waals surface area contributed by atoms with E-state index in [4.69, 9.17) is 5.73 Å². The number of pyridine rings is 2. The first-order valence-corrected chi connectivity index (χ1v) is 9.05. The van der Waals surface area contributed by atoms with E-state index < -0.39 is 12.0 Å². The number of hydrogen-bond donors (Lipinski definition) is 3. The molecule has 4 rings (SSSR count). The van der Waals surface area contributed by atoms with Gasteiger partial charge in [0.05, 0.1) is 5.69 Å². The molecular formula is C21H20FN5O. The predicted molar refractivity (Wildman–Crippen MR) is 108 cm³/mol. The fourth-order valence-electron chi connectivity index (χ4n) is 2.81. The molecule has 0 bridgehead atoms. The van der Waals surface area contributed by atoms with Gasteiger partial charge in [0.2, 0.25) is 0 Å². The summed E-state index contributed by atoms with van der Waals surface area (Å²) in [5, 5.41) is 13.0. The van der Waals surface area contributed by atoms with E-state index in [1.165, 1.54) is 12.3 Å². The Kier molecular flexibility index (Phi) is 4.99. The van der Waals surface area contributed by atoms with Gasteiger partial charge in [-0.05, 0) is 49.2 Å². The van der Waals surface area contributed by atoms with Gasteiger partial charge in [-0.25, -0.2) is 9.37 Å². The highest BCUT2D eigenvalue weighted by Gasteiger charge is 2.29. The van der Waals surface area contributed by atoms with Gasteiger partial charge in [-0.1, -0.05) is 6.07 Å². The molecule has 0 radical (unpaired) electrons. The zero-order chi connectivity index (χ0) is 19.5. The summed E-state index contributed by atoms with van der Waals surface area (Å²) in [6, 6.07) is 11.9. The number of aliphatic imine (C=N–C) groups is 1. The van der Waals surface area contributed by atoms with Gasteiger partial charge < -0.3 is 16.2 Å². The second-order valence-corrected chi connectivity index (χ2v) is 6.76. The molecular weight excluding hydrogens is 357 g/mol. The summed E-state index contributed by atoms with van der Waals surface area (Å²) in [6.07, 6.45) is 6.19. The highest BCUT2D eigenvalue weighted by atomic mass is 19.1. The van der Waals surface area contributed by atoms with Crippen LogP contribution in [-0.2, 0) is 0 Å². The van der Waals surface area contributed by atoms with Crippen molar-refractivity contribution in [1.29, 1.82) is 0 Å².